The average Bonchev–Trinajstić information content (AvgIpc) is 3.34. The highest BCUT2D eigenvalue weighted by Crippen LogP contribution is 2.44. The van der Waals surface area contributed by atoms with Crippen molar-refractivity contribution in [3.8, 4) is 0 Å². The summed E-state index contributed by atoms with van der Waals surface area (Å²) in [6.07, 6.45) is 0.675. The van der Waals surface area contributed by atoms with Crippen molar-refractivity contribution >= 4 is 28.4 Å². The molecular formula is C30H28ClF3N2O2. The molecule has 5 rings (SSSR count). The smallest absolute Gasteiger partial charge is 0.374 e. The van der Waals surface area contributed by atoms with E-state index in [9.17, 15) is 18.0 Å². The van der Waals surface area contributed by atoms with Gasteiger partial charge in [-0.15, -0.1) is 0 Å². The number of aromatic amines is 1. The largest absolute Gasteiger partial charge is 0.416 e. The molecule has 38 heavy (non-hydrogen) atoms. The van der Waals surface area contributed by atoms with Gasteiger partial charge in [-0.1, -0.05) is 54.1 Å². The standard InChI is InChI=1S/C30H28ClF3N2O2/c1-38-29(12-3-13-29)23-8-6-21(7-9-23)19-36(15-11-20-4-2-5-24(16-20)30(32,33)34)28(37)26-18-25(31)17-22-10-14-35-27(22)26/h2,4-10,14,16-18,35H,3,11-13,15,19H2,1H3. The molecule has 1 heterocycles. The summed E-state index contributed by atoms with van der Waals surface area (Å²) in [6.45, 7) is 0.533. The molecule has 0 saturated heterocycles. The maximum atomic E-state index is 13.8. The van der Waals surface area contributed by atoms with Gasteiger partial charge in [0.05, 0.1) is 22.2 Å². The predicted molar refractivity (Wildman–Crippen MR) is 142 cm³/mol. The number of carbonyl (C=O) groups excluding carboxylic acids is 1. The second-order valence-electron chi connectivity index (χ2n) is 9.82. The summed E-state index contributed by atoms with van der Waals surface area (Å²) in [7, 11) is 1.73. The summed E-state index contributed by atoms with van der Waals surface area (Å²) >= 11 is 6.31. The fraction of sp³-hybridized carbons (Fsp3) is 0.300. The Bertz CT molecular complexity index is 1440. The zero-order valence-corrected chi connectivity index (χ0v) is 21.7. The Morgan fingerprint density at radius 2 is 1.82 bits per heavy atom. The lowest BCUT2D eigenvalue weighted by atomic mass is 9.75. The SMILES string of the molecule is COC1(c2ccc(CN(CCc3cccc(C(F)(F)F)c3)C(=O)c3cc(Cl)cc4cc[nH]c34)cc2)CCC1. The molecular weight excluding hydrogens is 513 g/mol. The second kappa shape index (κ2) is 10.5. The van der Waals surface area contributed by atoms with E-state index in [-0.39, 0.29) is 24.5 Å². The summed E-state index contributed by atoms with van der Waals surface area (Å²) in [5.41, 5.74) is 2.70. The van der Waals surface area contributed by atoms with Gasteiger partial charge in [-0.3, -0.25) is 4.79 Å². The molecule has 8 heteroatoms. The monoisotopic (exact) mass is 540 g/mol. The number of amides is 1. The number of hydrogen-bond acceptors (Lipinski definition) is 2. The molecule has 0 radical (unpaired) electrons. The van der Waals surface area contributed by atoms with Gasteiger partial charge in [0.2, 0.25) is 0 Å². The molecule has 1 saturated carbocycles. The molecule has 1 amide bonds. The van der Waals surface area contributed by atoms with Crippen molar-refractivity contribution in [2.75, 3.05) is 13.7 Å². The Morgan fingerprint density at radius 3 is 2.47 bits per heavy atom. The van der Waals surface area contributed by atoms with E-state index in [1.807, 2.05) is 30.3 Å². The van der Waals surface area contributed by atoms with Crippen LogP contribution in [0.25, 0.3) is 10.9 Å². The summed E-state index contributed by atoms with van der Waals surface area (Å²) in [4.78, 5) is 18.6. The van der Waals surface area contributed by atoms with Crippen molar-refractivity contribution in [2.24, 2.45) is 0 Å². The van der Waals surface area contributed by atoms with Gasteiger partial charge >= 0.3 is 6.18 Å². The number of nitrogens with zero attached hydrogens (tertiary/aromatic N) is 1. The number of halogens is 4. The fourth-order valence-electron chi connectivity index (χ4n) is 5.14. The molecule has 0 bridgehead atoms. The summed E-state index contributed by atoms with van der Waals surface area (Å²) in [5, 5.41) is 1.25. The number of ether oxygens (including phenoxy) is 1. The Balaban J connectivity index is 1.42. The van der Waals surface area contributed by atoms with Crippen LogP contribution in [0.3, 0.4) is 0 Å². The van der Waals surface area contributed by atoms with Crippen LogP contribution in [0.1, 0.15) is 51.9 Å². The van der Waals surface area contributed by atoms with Crippen LogP contribution < -0.4 is 0 Å². The Morgan fingerprint density at radius 1 is 1.05 bits per heavy atom. The maximum absolute atomic E-state index is 13.8. The van der Waals surface area contributed by atoms with Gasteiger partial charge in [0, 0.05) is 36.8 Å². The van der Waals surface area contributed by atoms with Crippen LogP contribution in [0.5, 0.6) is 0 Å². The number of methoxy groups -OCH3 is 1. The molecule has 1 aromatic heterocycles. The first-order chi connectivity index (χ1) is 18.2. The highest BCUT2D eigenvalue weighted by Gasteiger charge is 2.38. The Hall–Kier alpha value is -3.29. The van der Waals surface area contributed by atoms with Crippen LogP contribution in [0, 0.1) is 0 Å². The lowest BCUT2D eigenvalue weighted by molar-refractivity contribution is -0.137. The third-order valence-corrected chi connectivity index (χ3v) is 7.69. The first-order valence-corrected chi connectivity index (χ1v) is 12.9. The average molecular weight is 541 g/mol. The van der Waals surface area contributed by atoms with Crippen LogP contribution in [-0.4, -0.2) is 29.4 Å². The van der Waals surface area contributed by atoms with Gasteiger partial charge in [0.1, 0.15) is 0 Å². The first-order valence-electron chi connectivity index (χ1n) is 12.6. The van der Waals surface area contributed by atoms with Crippen LogP contribution >= 0.6 is 11.6 Å². The molecule has 1 fully saturated rings. The van der Waals surface area contributed by atoms with Gasteiger partial charge < -0.3 is 14.6 Å². The molecule has 3 aromatic carbocycles. The summed E-state index contributed by atoms with van der Waals surface area (Å²) in [6, 6.07) is 18.5. The second-order valence-corrected chi connectivity index (χ2v) is 10.3. The summed E-state index contributed by atoms with van der Waals surface area (Å²) < 4.78 is 45.5. The van der Waals surface area contributed by atoms with Gasteiger partial charge in [-0.2, -0.15) is 13.2 Å². The molecule has 198 valence electrons. The zero-order chi connectivity index (χ0) is 26.9. The highest BCUT2D eigenvalue weighted by atomic mass is 35.5. The predicted octanol–water partition coefficient (Wildman–Crippen LogP) is 7.75. The zero-order valence-electron chi connectivity index (χ0n) is 20.9. The molecule has 0 spiro atoms. The van der Waals surface area contributed by atoms with E-state index in [2.05, 4.69) is 4.98 Å². The van der Waals surface area contributed by atoms with Crippen molar-refractivity contribution in [2.45, 2.75) is 44.0 Å². The van der Waals surface area contributed by atoms with Gasteiger partial charge in [-0.25, -0.2) is 0 Å². The van der Waals surface area contributed by atoms with E-state index in [1.165, 1.54) is 6.07 Å². The van der Waals surface area contributed by atoms with E-state index in [1.54, 1.807) is 36.4 Å². The molecule has 1 aliphatic carbocycles. The highest BCUT2D eigenvalue weighted by molar-refractivity contribution is 6.32. The van der Waals surface area contributed by atoms with Crippen molar-refractivity contribution in [3.05, 3.63) is 106 Å². The maximum Gasteiger partial charge on any atom is 0.416 e. The topological polar surface area (TPSA) is 45.3 Å². The number of hydrogen-bond donors (Lipinski definition) is 1. The number of alkyl halides is 3. The minimum Gasteiger partial charge on any atom is -0.374 e. The van der Waals surface area contributed by atoms with Crippen LogP contribution in [0.15, 0.2) is 72.9 Å². The number of fused-ring (bicyclic) bond motifs is 1. The molecule has 1 N–H and O–H groups in total. The van der Waals surface area contributed by atoms with Gasteiger partial charge in [-0.05, 0) is 66.6 Å². The number of nitrogens with one attached hydrogen (secondary N) is 1. The van der Waals surface area contributed by atoms with E-state index >= 15 is 0 Å². The number of aromatic nitrogens is 1. The van der Waals surface area contributed by atoms with E-state index in [0.717, 1.165) is 47.9 Å². The third kappa shape index (κ3) is 5.31. The van der Waals surface area contributed by atoms with Crippen molar-refractivity contribution in [1.82, 2.24) is 9.88 Å². The first kappa shape index (κ1) is 26.3. The minimum absolute atomic E-state index is 0.235. The Kier molecular flexibility index (Phi) is 7.25. The quantitative estimate of drug-likeness (QED) is 0.248. The van der Waals surface area contributed by atoms with Crippen molar-refractivity contribution in [3.63, 3.8) is 0 Å². The number of rotatable bonds is 8. The van der Waals surface area contributed by atoms with E-state index in [0.29, 0.717) is 28.2 Å². The van der Waals surface area contributed by atoms with Crippen LogP contribution in [0.2, 0.25) is 5.02 Å². The minimum atomic E-state index is -4.42. The molecule has 0 atom stereocenters. The lowest BCUT2D eigenvalue weighted by Crippen LogP contribution is -2.36. The van der Waals surface area contributed by atoms with Crippen molar-refractivity contribution in [1.29, 1.82) is 0 Å². The van der Waals surface area contributed by atoms with E-state index < -0.39 is 11.7 Å². The Labute approximate surface area is 224 Å². The van der Waals surface area contributed by atoms with Crippen molar-refractivity contribution < 1.29 is 22.7 Å². The van der Waals surface area contributed by atoms with Gasteiger partial charge in [0.15, 0.2) is 0 Å². The number of H-pyrrole nitrogens is 1. The molecule has 4 aromatic rings. The molecule has 0 aliphatic heterocycles. The van der Waals surface area contributed by atoms with Gasteiger partial charge in [0.25, 0.3) is 5.91 Å². The number of carbonyl (C=O) groups is 1. The molecule has 4 nitrogen and oxygen atoms in total. The number of benzene rings is 3. The molecule has 0 unspecified atom stereocenters. The van der Waals surface area contributed by atoms with Crippen LogP contribution in [-0.2, 0) is 29.5 Å². The normalized spacial score (nSPS) is 14.9. The molecule has 1 aliphatic rings. The lowest BCUT2D eigenvalue weighted by Gasteiger charge is -2.41. The third-order valence-electron chi connectivity index (χ3n) is 7.47. The fourth-order valence-corrected chi connectivity index (χ4v) is 5.36. The van der Waals surface area contributed by atoms with Crippen LogP contribution in [0.4, 0.5) is 13.2 Å². The summed E-state index contributed by atoms with van der Waals surface area (Å²) in [5.74, 6) is -0.247. The van der Waals surface area contributed by atoms with E-state index in [4.69, 9.17) is 16.3 Å².